The number of rotatable bonds is 3. The van der Waals surface area contributed by atoms with E-state index in [2.05, 4.69) is 5.32 Å². The molecule has 0 aliphatic rings. The van der Waals surface area contributed by atoms with Crippen LogP contribution in [0.4, 0.5) is 13.2 Å². The maximum atomic E-state index is 13.0. The highest BCUT2D eigenvalue weighted by molar-refractivity contribution is 5.94. The molecule has 1 aromatic rings. The normalized spacial score (nSPS) is 10.1. The van der Waals surface area contributed by atoms with Gasteiger partial charge in [-0.1, -0.05) is 0 Å². The summed E-state index contributed by atoms with van der Waals surface area (Å²) in [5, 5.41) is 2.24. The third-order valence-corrected chi connectivity index (χ3v) is 1.71. The fourth-order valence-corrected chi connectivity index (χ4v) is 0.982. The lowest BCUT2D eigenvalue weighted by Crippen LogP contribution is -2.29. The van der Waals surface area contributed by atoms with Crippen molar-refractivity contribution in [2.45, 2.75) is 0 Å². The van der Waals surface area contributed by atoms with Crippen molar-refractivity contribution in [1.82, 2.24) is 5.32 Å². The number of carbonyl (C=O) groups is 1. The smallest absolute Gasteiger partial charge is 0.254 e. The maximum Gasteiger partial charge on any atom is 0.254 e. The molecule has 1 aromatic carbocycles. The molecule has 1 rings (SSSR count). The Labute approximate surface area is 84.1 Å². The predicted molar refractivity (Wildman–Crippen MR) is 47.7 cm³/mol. The summed E-state index contributed by atoms with van der Waals surface area (Å²) < 4.78 is 38.3. The highest BCUT2D eigenvalue weighted by atomic mass is 19.2. The lowest BCUT2D eigenvalue weighted by Gasteiger charge is -2.05. The van der Waals surface area contributed by atoms with Crippen LogP contribution in [0, 0.1) is 17.5 Å². The third-order valence-electron chi connectivity index (χ3n) is 1.71. The molecule has 0 unspecified atom stereocenters. The first-order valence-electron chi connectivity index (χ1n) is 4.19. The molecule has 0 saturated carbocycles. The van der Waals surface area contributed by atoms with Crippen molar-refractivity contribution in [1.29, 1.82) is 0 Å². The zero-order chi connectivity index (χ0) is 11.4. The predicted octanol–water partition coefficient (Wildman–Crippen LogP) is 0.792. The van der Waals surface area contributed by atoms with E-state index >= 15 is 0 Å². The Kier molecular flexibility index (Phi) is 3.68. The van der Waals surface area contributed by atoms with Gasteiger partial charge < -0.3 is 11.1 Å². The van der Waals surface area contributed by atoms with E-state index in [-0.39, 0.29) is 13.1 Å². The van der Waals surface area contributed by atoms with Gasteiger partial charge in [0.2, 0.25) is 0 Å². The van der Waals surface area contributed by atoms with Gasteiger partial charge >= 0.3 is 0 Å². The molecule has 0 aliphatic carbocycles. The first-order valence-corrected chi connectivity index (χ1v) is 4.19. The number of carbonyl (C=O) groups excluding carboxylic acids is 1. The largest absolute Gasteiger partial charge is 0.351 e. The molecule has 82 valence electrons. The van der Waals surface area contributed by atoms with Crippen LogP contribution in [-0.2, 0) is 0 Å². The molecular formula is C9H9F3N2O. The first-order chi connectivity index (χ1) is 7.07. The van der Waals surface area contributed by atoms with Crippen LogP contribution in [0.15, 0.2) is 12.1 Å². The second-order valence-corrected chi connectivity index (χ2v) is 2.77. The van der Waals surface area contributed by atoms with Gasteiger partial charge in [0.15, 0.2) is 17.5 Å². The molecule has 0 bridgehead atoms. The van der Waals surface area contributed by atoms with E-state index in [0.717, 1.165) is 6.07 Å². The van der Waals surface area contributed by atoms with Gasteiger partial charge in [0.1, 0.15) is 0 Å². The number of nitrogens with one attached hydrogen (secondary N) is 1. The van der Waals surface area contributed by atoms with Crippen LogP contribution in [0.25, 0.3) is 0 Å². The lowest BCUT2D eigenvalue weighted by molar-refractivity contribution is 0.0949. The molecule has 3 nitrogen and oxygen atoms in total. The third kappa shape index (κ3) is 2.47. The number of amides is 1. The SMILES string of the molecule is NCCNC(=O)c1ccc(F)c(F)c1F. The summed E-state index contributed by atoms with van der Waals surface area (Å²) in [4.78, 5) is 11.2. The minimum absolute atomic E-state index is 0.136. The Morgan fingerprint density at radius 2 is 1.93 bits per heavy atom. The molecule has 0 aliphatic heterocycles. The molecular weight excluding hydrogens is 209 g/mol. The molecule has 0 atom stereocenters. The van der Waals surface area contributed by atoms with Crippen LogP contribution in [0.3, 0.4) is 0 Å². The zero-order valence-corrected chi connectivity index (χ0v) is 7.69. The Morgan fingerprint density at radius 3 is 2.53 bits per heavy atom. The lowest BCUT2D eigenvalue weighted by atomic mass is 10.2. The zero-order valence-electron chi connectivity index (χ0n) is 7.69. The minimum Gasteiger partial charge on any atom is -0.351 e. The van der Waals surface area contributed by atoms with Gasteiger partial charge in [0, 0.05) is 13.1 Å². The Balaban J connectivity index is 2.95. The average molecular weight is 218 g/mol. The van der Waals surface area contributed by atoms with Gasteiger partial charge in [0.05, 0.1) is 5.56 Å². The molecule has 0 fully saturated rings. The van der Waals surface area contributed by atoms with Crippen LogP contribution in [-0.4, -0.2) is 19.0 Å². The molecule has 0 heterocycles. The second-order valence-electron chi connectivity index (χ2n) is 2.77. The summed E-state index contributed by atoms with van der Waals surface area (Å²) >= 11 is 0. The van der Waals surface area contributed by atoms with Gasteiger partial charge in [-0.2, -0.15) is 0 Å². The van der Waals surface area contributed by atoms with Gasteiger partial charge in [-0.25, -0.2) is 13.2 Å². The standard InChI is InChI=1S/C9H9F3N2O/c10-6-2-1-5(7(11)8(6)12)9(15)14-4-3-13/h1-2H,3-4,13H2,(H,14,15). The Hall–Kier alpha value is -1.56. The average Bonchev–Trinajstić information content (AvgIpc) is 2.23. The van der Waals surface area contributed by atoms with Gasteiger partial charge in [-0.15, -0.1) is 0 Å². The first kappa shape index (κ1) is 11.5. The van der Waals surface area contributed by atoms with Crippen molar-refractivity contribution >= 4 is 5.91 Å². The highest BCUT2D eigenvalue weighted by Gasteiger charge is 2.17. The maximum absolute atomic E-state index is 13.0. The highest BCUT2D eigenvalue weighted by Crippen LogP contribution is 2.14. The molecule has 1 amide bonds. The van der Waals surface area contributed by atoms with Crippen molar-refractivity contribution in [2.24, 2.45) is 5.73 Å². The Morgan fingerprint density at radius 1 is 1.27 bits per heavy atom. The van der Waals surface area contributed by atoms with Crippen molar-refractivity contribution in [3.8, 4) is 0 Å². The molecule has 0 spiro atoms. The summed E-state index contributed by atoms with van der Waals surface area (Å²) in [6.07, 6.45) is 0. The van der Waals surface area contributed by atoms with Crippen molar-refractivity contribution in [3.63, 3.8) is 0 Å². The molecule has 15 heavy (non-hydrogen) atoms. The van der Waals surface area contributed by atoms with Crippen LogP contribution in [0.1, 0.15) is 10.4 Å². The van der Waals surface area contributed by atoms with E-state index in [0.29, 0.717) is 6.07 Å². The fraction of sp³-hybridized carbons (Fsp3) is 0.222. The molecule has 0 aromatic heterocycles. The summed E-state index contributed by atoms with van der Waals surface area (Å²) in [6.45, 7) is 0.314. The van der Waals surface area contributed by atoms with E-state index in [1.165, 1.54) is 0 Å². The van der Waals surface area contributed by atoms with E-state index in [1.807, 2.05) is 0 Å². The topological polar surface area (TPSA) is 55.1 Å². The quantitative estimate of drug-likeness (QED) is 0.737. The number of benzene rings is 1. The van der Waals surface area contributed by atoms with E-state index in [1.54, 1.807) is 0 Å². The molecule has 3 N–H and O–H groups in total. The molecule has 6 heteroatoms. The molecule has 0 radical (unpaired) electrons. The van der Waals surface area contributed by atoms with E-state index < -0.39 is 28.9 Å². The summed E-state index contributed by atoms with van der Waals surface area (Å²) in [7, 11) is 0. The van der Waals surface area contributed by atoms with Gasteiger partial charge in [-0.05, 0) is 12.1 Å². The fourth-order valence-electron chi connectivity index (χ4n) is 0.982. The van der Waals surface area contributed by atoms with E-state index in [4.69, 9.17) is 5.73 Å². The number of nitrogens with two attached hydrogens (primary N) is 1. The van der Waals surface area contributed by atoms with Crippen molar-refractivity contribution < 1.29 is 18.0 Å². The van der Waals surface area contributed by atoms with Crippen LogP contribution < -0.4 is 11.1 Å². The monoisotopic (exact) mass is 218 g/mol. The number of hydrogen-bond acceptors (Lipinski definition) is 2. The summed E-state index contributed by atoms with van der Waals surface area (Å²) in [6, 6.07) is 1.56. The number of halogens is 3. The number of hydrogen-bond donors (Lipinski definition) is 2. The Bertz CT molecular complexity index is 382. The summed E-state index contributed by atoms with van der Waals surface area (Å²) in [5.41, 5.74) is 4.56. The summed E-state index contributed by atoms with van der Waals surface area (Å²) in [5.74, 6) is -5.31. The van der Waals surface area contributed by atoms with Crippen LogP contribution in [0.5, 0.6) is 0 Å². The van der Waals surface area contributed by atoms with Gasteiger partial charge in [-0.3, -0.25) is 4.79 Å². The van der Waals surface area contributed by atoms with Crippen molar-refractivity contribution in [2.75, 3.05) is 13.1 Å². The van der Waals surface area contributed by atoms with Gasteiger partial charge in [0.25, 0.3) is 5.91 Å². The van der Waals surface area contributed by atoms with Crippen LogP contribution >= 0.6 is 0 Å². The van der Waals surface area contributed by atoms with Crippen LogP contribution in [0.2, 0.25) is 0 Å². The van der Waals surface area contributed by atoms with E-state index in [9.17, 15) is 18.0 Å². The molecule has 0 saturated heterocycles. The minimum atomic E-state index is -1.66. The van der Waals surface area contributed by atoms with Crippen molar-refractivity contribution in [3.05, 3.63) is 35.1 Å². The second kappa shape index (κ2) is 4.79.